The van der Waals surface area contributed by atoms with Crippen molar-refractivity contribution in [2.45, 2.75) is 44.9 Å². The monoisotopic (exact) mass is 308 g/mol. The van der Waals surface area contributed by atoms with E-state index in [1.807, 2.05) is 20.8 Å². The topological polar surface area (TPSA) is 82.8 Å². The van der Waals surface area contributed by atoms with Crippen LogP contribution in [0.25, 0.3) is 0 Å². The number of nitrogens with one attached hydrogen (secondary N) is 1. The summed E-state index contributed by atoms with van der Waals surface area (Å²) in [5, 5.41) is 3.19. The highest BCUT2D eigenvalue weighted by Gasteiger charge is 2.37. The van der Waals surface area contributed by atoms with E-state index < -0.39 is 17.7 Å². The number of rotatable bonds is 5. The van der Waals surface area contributed by atoms with Gasteiger partial charge in [0.15, 0.2) is 11.5 Å². The first kappa shape index (κ1) is 16.4. The molecule has 0 aromatic heterocycles. The molecular formula is C16H24N2O4. The molecule has 1 fully saturated rings. The lowest BCUT2D eigenvalue weighted by Crippen LogP contribution is -2.57. The summed E-state index contributed by atoms with van der Waals surface area (Å²) < 4.78 is 16.6. The van der Waals surface area contributed by atoms with Gasteiger partial charge in [-0.2, -0.15) is 0 Å². The summed E-state index contributed by atoms with van der Waals surface area (Å²) in [5.74, 6) is 0.573. The first-order valence-electron chi connectivity index (χ1n) is 7.36. The Morgan fingerprint density at radius 1 is 1.36 bits per heavy atom. The summed E-state index contributed by atoms with van der Waals surface area (Å²) in [6.45, 7) is 6.35. The van der Waals surface area contributed by atoms with Gasteiger partial charge in [-0.1, -0.05) is 0 Å². The number of nitrogen functional groups attached to an aromatic ring is 1. The molecule has 6 heteroatoms. The summed E-state index contributed by atoms with van der Waals surface area (Å²) in [5.41, 5.74) is 5.77. The SMILES string of the molecule is COc1ccc(N)cc1OC(C(=O)OC(C)(C)C)C1CCN1. The Morgan fingerprint density at radius 2 is 2.05 bits per heavy atom. The molecule has 1 aromatic rings. The number of hydrogen-bond donors (Lipinski definition) is 2. The number of carbonyl (C=O) groups excluding carboxylic acids is 1. The molecular weight excluding hydrogens is 284 g/mol. The van der Waals surface area contributed by atoms with E-state index in [1.54, 1.807) is 25.3 Å². The number of esters is 1. The van der Waals surface area contributed by atoms with Gasteiger partial charge in [0.25, 0.3) is 0 Å². The fourth-order valence-corrected chi connectivity index (χ4v) is 2.15. The fourth-order valence-electron chi connectivity index (χ4n) is 2.15. The second kappa shape index (κ2) is 6.44. The van der Waals surface area contributed by atoms with Crippen molar-refractivity contribution in [1.29, 1.82) is 0 Å². The van der Waals surface area contributed by atoms with E-state index in [0.717, 1.165) is 13.0 Å². The van der Waals surface area contributed by atoms with E-state index in [9.17, 15) is 4.79 Å². The molecule has 1 aliphatic rings. The largest absolute Gasteiger partial charge is 0.493 e. The molecule has 0 saturated carbocycles. The van der Waals surface area contributed by atoms with Crippen LogP contribution in [0.15, 0.2) is 18.2 Å². The fraction of sp³-hybridized carbons (Fsp3) is 0.562. The molecule has 0 radical (unpaired) electrons. The second-order valence-corrected chi connectivity index (χ2v) is 6.33. The lowest BCUT2D eigenvalue weighted by atomic mass is 10.0. The molecule has 2 atom stereocenters. The Morgan fingerprint density at radius 3 is 2.55 bits per heavy atom. The second-order valence-electron chi connectivity index (χ2n) is 6.33. The van der Waals surface area contributed by atoms with Gasteiger partial charge in [0.2, 0.25) is 6.10 Å². The number of anilines is 1. The molecule has 1 aliphatic heterocycles. The molecule has 122 valence electrons. The van der Waals surface area contributed by atoms with Gasteiger partial charge in [0, 0.05) is 11.8 Å². The van der Waals surface area contributed by atoms with E-state index in [1.165, 1.54) is 0 Å². The predicted octanol–water partition coefficient (Wildman–Crippen LogP) is 1.73. The Bertz CT molecular complexity index is 535. The van der Waals surface area contributed by atoms with Crippen molar-refractivity contribution in [1.82, 2.24) is 5.32 Å². The number of ether oxygens (including phenoxy) is 3. The minimum atomic E-state index is -0.733. The van der Waals surface area contributed by atoms with Gasteiger partial charge in [-0.15, -0.1) is 0 Å². The normalized spacial score (nSPS) is 19.0. The first-order valence-corrected chi connectivity index (χ1v) is 7.36. The van der Waals surface area contributed by atoms with Gasteiger partial charge in [-0.25, -0.2) is 4.79 Å². The van der Waals surface area contributed by atoms with Crippen molar-refractivity contribution in [2.75, 3.05) is 19.4 Å². The van der Waals surface area contributed by atoms with E-state index in [-0.39, 0.29) is 6.04 Å². The molecule has 3 N–H and O–H groups in total. The zero-order chi connectivity index (χ0) is 16.3. The van der Waals surface area contributed by atoms with Crippen LogP contribution in [0.1, 0.15) is 27.2 Å². The van der Waals surface area contributed by atoms with E-state index in [0.29, 0.717) is 17.2 Å². The van der Waals surface area contributed by atoms with Gasteiger partial charge in [0.05, 0.1) is 13.2 Å². The highest BCUT2D eigenvalue weighted by molar-refractivity contribution is 5.77. The number of nitrogens with two attached hydrogens (primary N) is 1. The third-order valence-corrected chi connectivity index (χ3v) is 3.31. The molecule has 1 heterocycles. The van der Waals surface area contributed by atoms with Gasteiger partial charge in [0.1, 0.15) is 5.60 Å². The Hall–Kier alpha value is -1.95. The van der Waals surface area contributed by atoms with Crippen molar-refractivity contribution in [3.63, 3.8) is 0 Å². The molecule has 22 heavy (non-hydrogen) atoms. The summed E-state index contributed by atoms with van der Waals surface area (Å²) in [6, 6.07) is 5.01. The van der Waals surface area contributed by atoms with Crippen molar-refractivity contribution < 1.29 is 19.0 Å². The van der Waals surface area contributed by atoms with Crippen molar-refractivity contribution in [3.05, 3.63) is 18.2 Å². The molecule has 2 unspecified atom stereocenters. The van der Waals surface area contributed by atoms with Gasteiger partial charge < -0.3 is 25.3 Å². The van der Waals surface area contributed by atoms with Gasteiger partial charge in [-0.05, 0) is 45.9 Å². The van der Waals surface area contributed by atoms with E-state index in [4.69, 9.17) is 19.9 Å². The average molecular weight is 308 g/mol. The average Bonchev–Trinajstić information content (AvgIpc) is 2.34. The van der Waals surface area contributed by atoms with Crippen LogP contribution in [-0.4, -0.2) is 37.4 Å². The smallest absolute Gasteiger partial charge is 0.349 e. The maximum absolute atomic E-state index is 12.4. The molecule has 0 bridgehead atoms. The summed E-state index contributed by atoms with van der Waals surface area (Å²) in [7, 11) is 1.54. The van der Waals surface area contributed by atoms with Crippen molar-refractivity contribution >= 4 is 11.7 Å². The van der Waals surface area contributed by atoms with Crippen LogP contribution < -0.4 is 20.5 Å². The standard InChI is InChI=1S/C16H24N2O4/c1-16(2,3)22-15(19)14(11-7-8-18-11)21-13-9-10(17)5-6-12(13)20-4/h5-6,9,11,14,18H,7-8,17H2,1-4H3. The number of methoxy groups -OCH3 is 1. The molecule has 0 aliphatic carbocycles. The van der Waals surface area contributed by atoms with Crippen LogP contribution in [0.2, 0.25) is 0 Å². The highest BCUT2D eigenvalue weighted by Crippen LogP contribution is 2.31. The zero-order valence-electron chi connectivity index (χ0n) is 13.5. The molecule has 0 spiro atoms. The van der Waals surface area contributed by atoms with Crippen LogP contribution in [0, 0.1) is 0 Å². The summed E-state index contributed by atoms with van der Waals surface area (Å²) >= 11 is 0. The van der Waals surface area contributed by atoms with Crippen LogP contribution in [0.4, 0.5) is 5.69 Å². The predicted molar refractivity (Wildman–Crippen MR) is 84.1 cm³/mol. The lowest BCUT2D eigenvalue weighted by Gasteiger charge is -2.35. The molecule has 0 amide bonds. The minimum Gasteiger partial charge on any atom is -0.493 e. The van der Waals surface area contributed by atoms with Gasteiger partial charge >= 0.3 is 5.97 Å². The Labute approximate surface area is 130 Å². The Balaban J connectivity index is 2.20. The van der Waals surface area contributed by atoms with Crippen LogP contribution >= 0.6 is 0 Å². The first-order chi connectivity index (χ1) is 10.3. The number of benzene rings is 1. The maximum Gasteiger partial charge on any atom is 0.349 e. The molecule has 1 aromatic carbocycles. The summed E-state index contributed by atoms with van der Waals surface area (Å²) in [4.78, 5) is 12.4. The van der Waals surface area contributed by atoms with Crippen molar-refractivity contribution in [2.24, 2.45) is 0 Å². The summed E-state index contributed by atoms with van der Waals surface area (Å²) in [6.07, 6.45) is 0.123. The molecule has 1 saturated heterocycles. The number of carbonyl (C=O) groups is 1. The van der Waals surface area contributed by atoms with Crippen molar-refractivity contribution in [3.8, 4) is 11.5 Å². The number of hydrogen-bond acceptors (Lipinski definition) is 6. The maximum atomic E-state index is 12.4. The zero-order valence-corrected chi connectivity index (χ0v) is 13.5. The molecule has 6 nitrogen and oxygen atoms in total. The minimum absolute atomic E-state index is 0.0685. The van der Waals surface area contributed by atoms with E-state index >= 15 is 0 Å². The van der Waals surface area contributed by atoms with E-state index in [2.05, 4.69) is 5.32 Å². The quantitative estimate of drug-likeness (QED) is 0.637. The molecule has 2 rings (SSSR count). The lowest BCUT2D eigenvalue weighted by molar-refractivity contribution is -0.165. The van der Waals surface area contributed by atoms with Gasteiger partial charge in [-0.3, -0.25) is 0 Å². The Kier molecular flexibility index (Phi) is 4.81. The third-order valence-electron chi connectivity index (χ3n) is 3.31. The van der Waals surface area contributed by atoms with Crippen LogP contribution in [0.3, 0.4) is 0 Å². The van der Waals surface area contributed by atoms with Crippen LogP contribution in [-0.2, 0) is 9.53 Å². The van der Waals surface area contributed by atoms with Crippen LogP contribution in [0.5, 0.6) is 11.5 Å². The highest BCUT2D eigenvalue weighted by atomic mass is 16.6. The third kappa shape index (κ3) is 4.04.